The zero-order valence-electron chi connectivity index (χ0n) is 10.8. The molecule has 0 aliphatic heterocycles. The van der Waals surface area contributed by atoms with Crippen LogP contribution >= 0.6 is 34.2 Å². The third-order valence-electron chi connectivity index (χ3n) is 2.94. The van der Waals surface area contributed by atoms with Gasteiger partial charge in [-0.25, -0.2) is 0 Å². The summed E-state index contributed by atoms with van der Waals surface area (Å²) in [5.74, 6) is 1.18. The normalized spacial score (nSPS) is 10.8. The highest BCUT2D eigenvalue weighted by molar-refractivity contribution is 14.1. The Bertz CT molecular complexity index is 772. The molecule has 21 heavy (non-hydrogen) atoms. The molecule has 3 rings (SSSR count). The predicted octanol–water partition coefficient (Wildman–Crippen LogP) is 4.29. The van der Waals surface area contributed by atoms with E-state index in [-0.39, 0.29) is 5.75 Å². The molecule has 106 valence electrons. The fraction of sp³-hybridized carbons (Fsp3) is 0.0667. The first kappa shape index (κ1) is 14.3. The molecule has 0 amide bonds. The Morgan fingerprint density at radius 1 is 1.14 bits per heavy atom. The molecule has 0 aliphatic carbocycles. The van der Waals surface area contributed by atoms with Crippen molar-refractivity contribution in [1.82, 2.24) is 10.1 Å². The van der Waals surface area contributed by atoms with Crippen LogP contribution in [0.3, 0.4) is 0 Å². The van der Waals surface area contributed by atoms with Crippen molar-refractivity contribution in [1.29, 1.82) is 0 Å². The third-order valence-corrected chi connectivity index (χ3v) is 4.10. The van der Waals surface area contributed by atoms with Crippen LogP contribution in [-0.2, 0) is 6.42 Å². The minimum absolute atomic E-state index is 0.200. The number of hydrogen-bond acceptors (Lipinski definition) is 4. The van der Waals surface area contributed by atoms with E-state index >= 15 is 0 Å². The van der Waals surface area contributed by atoms with Crippen molar-refractivity contribution in [3.8, 4) is 17.2 Å². The molecule has 0 bridgehead atoms. The molecule has 1 aromatic heterocycles. The van der Waals surface area contributed by atoms with Crippen molar-refractivity contribution in [2.24, 2.45) is 0 Å². The maximum Gasteiger partial charge on any atom is 0.258 e. The molecule has 0 atom stereocenters. The molecule has 0 aliphatic rings. The summed E-state index contributed by atoms with van der Waals surface area (Å²) >= 11 is 7.91. The van der Waals surface area contributed by atoms with Crippen LogP contribution in [0, 0.1) is 3.57 Å². The van der Waals surface area contributed by atoms with Crippen molar-refractivity contribution in [2.75, 3.05) is 0 Å². The average Bonchev–Trinajstić information content (AvgIpc) is 2.93. The first-order chi connectivity index (χ1) is 10.1. The van der Waals surface area contributed by atoms with Gasteiger partial charge >= 0.3 is 0 Å². The zero-order valence-corrected chi connectivity index (χ0v) is 13.7. The van der Waals surface area contributed by atoms with Crippen LogP contribution in [0.25, 0.3) is 11.5 Å². The fourth-order valence-electron chi connectivity index (χ4n) is 1.87. The lowest BCUT2D eigenvalue weighted by Crippen LogP contribution is -1.90. The summed E-state index contributed by atoms with van der Waals surface area (Å²) in [6, 6.07) is 12.8. The summed E-state index contributed by atoms with van der Waals surface area (Å²) in [5, 5.41) is 14.4. The SMILES string of the molecule is Oc1cc(-c2nc(Cc3ccc(Cl)cc3)no2)ccc1I. The van der Waals surface area contributed by atoms with Crippen LogP contribution in [0.2, 0.25) is 5.02 Å². The number of phenolic OH excluding ortho intramolecular Hbond substituents is 1. The highest BCUT2D eigenvalue weighted by atomic mass is 127. The third kappa shape index (κ3) is 3.36. The summed E-state index contributed by atoms with van der Waals surface area (Å²) in [7, 11) is 0. The largest absolute Gasteiger partial charge is 0.507 e. The van der Waals surface area contributed by atoms with Gasteiger partial charge in [0.15, 0.2) is 5.82 Å². The van der Waals surface area contributed by atoms with Gasteiger partial charge in [-0.3, -0.25) is 0 Å². The number of phenols is 1. The van der Waals surface area contributed by atoms with Crippen LogP contribution in [0.4, 0.5) is 0 Å². The van der Waals surface area contributed by atoms with Gasteiger partial charge in [0.1, 0.15) is 5.75 Å². The number of nitrogens with zero attached hydrogens (tertiary/aromatic N) is 2. The van der Waals surface area contributed by atoms with Gasteiger partial charge in [0, 0.05) is 17.0 Å². The Kier molecular flexibility index (Phi) is 4.12. The molecule has 2 aromatic carbocycles. The number of rotatable bonds is 3. The van der Waals surface area contributed by atoms with Gasteiger partial charge in [0.05, 0.1) is 3.57 Å². The molecule has 1 heterocycles. The quantitative estimate of drug-likeness (QED) is 0.652. The Hall–Kier alpha value is -1.60. The number of halogens is 2. The second kappa shape index (κ2) is 6.03. The number of aromatic nitrogens is 2. The van der Waals surface area contributed by atoms with E-state index in [0.717, 1.165) is 9.13 Å². The molecule has 3 aromatic rings. The standard InChI is InChI=1S/C15H10ClIN2O2/c16-11-4-1-9(2-5-11)7-14-18-15(21-19-14)10-3-6-12(17)13(20)8-10/h1-6,8,20H,7H2. The fourth-order valence-corrected chi connectivity index (χ4v) is 2.34. The average molecular weight is 413 g/mol. The molecule has 0 radical (unpaired) electrons. The molecule has 6 heteroatoms. The molecule has 4 nitrogen and oxygen atoms in total. The summed E-state index contributed by atoms with van der Waals surface area (Å²) < 4.78 is 6.02. The van der Waals surface area contributed by atoms with Gasteiger partial charge in [-0.15, -0.1) is 0 Å². The predicted molar refractivity (Wildman–Crippen MR) is 88.4 cm³/mol. The van der Waals surface area contributed by atoms with E-state index in [0.29, 0.717) is 28.7 Å². The second-order valence-corrected chi connectivity index (χ2v) is 6.08. The molecule has 0 saturated carbocycles. The lowest BCUT2D eigenvalue weighted by Gasteiger charge is -1.98. The van der Waals surface area contributed by atoms with Crippen molar-refractivity contribution >= 4 is 34.2 Å². The summed E-state index contributed by atoms with van der Waals surface area (Å²) in [6.07, 6.45) is 0.566. The molecule has 0 spiro atoms. The van der Waals surface area contributed by atoms with Gasteiger partial charge in [-0.2, -0.15) is 4.98 Å². The van der Waals surface area contributed by atoms with Crippen molar-refractivity contribution in [3.05, 3.63) is 62.4 Å². The van der Waals surface area contributed by atoms with E-state index in [1.807, 2.05) is 30.3 Å². The van der Waals surface area contributed by atoms with Gasteiger partial charge in [-0.05, 0) is 58.5 Å². The number of hydrogen-bond donors (Lipinski definition) is 1. The Morgan fingerprint density at radius 3 is 2.62 bits per heavy atom. The Balaban J connectivity index is 1.82. The maximum absolute atomic E-state index is 9.72. The molecular weight excluding hydrogens is 403 g/mol. The van der Waals surface area contributed by atoms with E-state index in [1.54, 1.807) is 12.1 Å². The number of benzene rings is 2. The van der Waals surface area contributed by atoms with Crippen molar-refractivity contribution < 1.29 is 9.63 Å². The van der Waals surface area contributed by atoms with Crippen LogP contribution in [-0.4, -0.2) is 15.2 Å². The van der Waals surface area contributed by atoms with E-state index < -0.39 is 0 Å². The van der Waals surface area contributed by atoms with E-state index in [2.05, 4.69) is 32.7 Å². The maximum atomic E-state index is 9.72. The van der Waals surface area contributed by atoms with Gasteiger partial charge < -0.3 is 9.63 Å². The van der Waals surface area contributed by atoms with Crippen LogP contribution in [0.15, 0.2) is 47.0 Å². The highest BCUT2D eigenvalue weighted by Crippen LogP contribution is 2.26. The van der Waals surface area contributed by atoms with E-state index in [9.17, 15) is 5.11 Å². The summed E-state index contributed by atoms with van der Waals surface area (Å²) in [5.41, 5.74) is 1.75. The second-order valence-electron chi connectivity index (χ2n) is 4.49. The topological polar surface area (TPSA) is 59.2 Å². The summed E-state index contributed by atoms with van der Waals surface area (Å²) in [6.45, 7) is 0. The minimum atomic E-state index is 0.200. The van der Waals surface area contributed by atoms with Gasteiger partial charge in [0.2, 0.25) is 0 Å². The Labute approximate surface area is 139 Å². The van der Waals surface area contributed by atoms with Crippen LogP contribution in [0.1, 0.15) is 11.4 Å². The molecule has 0 fully saturated rings. The van der Waals surface area contributed by atoms with Gasteiger partial charge in [0.25, 0.3) is 5.89 Å². The molecule has 0 saturated heterocycles. The van der Waals surface area contributed by atoms with Crippen molar-refractivity contribution in [2.45, 2.75) is 6.42 Å². The minimum Gasteiger partial charge on any atom is -0.507 e. The van der Waals surface area contributed by atoms with Crippen LogP contribution < -0.4 is 0 Å². The smallest absolute Gasteiger partial charge is 0.258 e. The van der Waals surface area contributed by atoms with E-state index in [1.165, 1.54) is 0 Å². The first-order valence-electron chi connectivity index (χ1n) is 6.18. The lowest BCUT2D eigenvalue weighted by molar-refractivity contribution is 0.423. The van der Waals surface area contributed by atoms with E-state index in [4.69, 9.17) is 16.1 Å². The number of aromatic hydroxyl groups is 1. The van der Waals surface area contributed by atoms with Crippen molar-refractivity contribution in [3.63, 3.8) is 0 Å². The Morgan fingerprint density at radius 2 is 1.90 bits per heavy atom. The molecule has 0 unspecified atom stereocenters. The zero-order chi connectivity index (χ0) is 14.8. The lowest BCUT2D eigenvalue weighted by atomic mass is 10.1. The van der Waals surface area contributed by atoms with Gasteiger partial charge in [-0.1, -0.05) is 28.9 Å². The first-order valence-corrected chi connectivity index (χ1v) is 7.63. The molecular formula is C15H10ClIN2O2. The summed E-state index contributed by atoms with van der Waals surface area (Å²) in [4.78, 5) is 4.34. The van der Waals surface area contributed by atoms with Crippen LogP contribution in [0.5, 0.6) is 5.75 Å². The monoisotopic (exact) mass is 412 g/mol. The highest BCUT2D eigenvalue weighted by Gasteiger charge is 2.11. The molecule has 1 N–H and O–H groups in total.